The van der Waals surface area contributed by atoms with Gasteiger partial charge in [-0.2, -0.15) is 0 Å². The Hall–Kier alpha value is -2.19. The van der Waals surface area contributed by atoms with Gasteiger partial charge < -0.3 is 20.3 Å². The smallest absolute Gasteiger partial charge is 0.407 e. The zero-order chi connectivity index (χ0) is 19.0. The van der Waals surface area contributed by atoms with Crippen molar-refractivity contribution < 1.29 is 19.7 Å². The number of aromatic hydroxyl groups is 1. The molecule has 138 valence electrons. The molecule has 0 aliphatic carbocycles. The number of aliphatic hydroxyl groups is 1. The Bertz CT molecular complexity index is 635. The number of nitrogens with one attached hydrogen (secondary N) is 1. The molecule has 1 aromatic carbocycles. The van der Waals surface area contributed by atoms with Gasteiger partial charge in [-0.05, 0) is 51.2 Å². The van der Waals surface area contributed by atoms with Gasteiger partial charge in [-0.15, -0.1) is 0 Å². The number of alkyl carbamates (subject to hydrolysis) is 1. The summed E-state index contributed by atoms with van der Waals surface area (Å²) >= 11 is 0. The van der Waals surface area contributed by atoms with Crippen LogP contribution in [0.15, 0.2) is 18.2 Å². The maximum absolute atomic E-state index is 11.6. The predicted octanol–water partition coefficient (Wildman–Crippen LogP) is 3.22. The van der Waals surface area contributed by atoms with Crippen LogP contribution >= 0.6 is 0 Å². The Balaban J connectivity index is 2.58. The van der Waals surface area contributed by atoms with Crippen LogP contribution in [0.5, 0.6) is 5.75 Å². The van der Waals surface area contributed by atoms with Crippen LogP contribution in [0.3, 0.4) is 0 Å². The largest absolute Gasteiger partial charge is 0.506 e. The van der Waals surface area contributed by atoms with E-state index in [9.17, 15) is 15.0 Å². The average molecular weight is 347 g/mol. The third-order valence-electron chi connectivity index (χ3n) is 3.41. The van der Waals surface area contributed by atoms with E-state index in [1.54, 1.807) is 6.07 Å². The number of carbonyl (C=O) groups is 1. The number of rotatable bonds is 5. The summed E-state index contributed by atoms with van der Waals surface area (Å²) in [4.78, 5) is 11.6. The van der Waals surface area contributed by atoms with Gasteiger partial charge in [0.1, 0.15) is 11.9 Å². The molecule has 3 N–H and O–H groups in total. The second-order valence-electron chi connectivity index (χ2n) is 7.39. The minimum atomic E-state index is -0.724. The van der Waals surface area contributed by atoms with Gasteiger partial charge in [0, 0.05) is 5.54 Å². The van der Waals surface area contributed by atoms with E-state index in [4.69, 9.17) is 4.74 Å². The number of aryl methyl sites for hydroxylation is 1. The molecule has 5 nitrogen and oxygen atoms in total. The zero-order valence-corrected chi connectivity index (χ0v) is 15.7. The van der Waals surface area contributed by atoms with Crippen LogP contribution in [0.25, 0.3) is 0 Å². The lowest BCUT2D eigenvalue weighted by Gasteiger charge is -2.19. The normalized spacial score (nSPS) is 12.3. The van der Waals surface area contributed by atoms with Gasteiger partial charge in [0.2, 0.25) is 0 Å². The Morgan fingerprint density at radius 2 is 2.00 bits per heavy atom. The summed E-state index contributed by atoms with van der Waals surface area (Å²) in [5.74, 6) is 5.71. The first-order valence-electron chi connectivity index (χ1n) is 8.55. The lowest BCUT2D eigenvalue weighted by Crippen LogP contribution is -2.41. The molecule has 1 unspecified atom stereocenters. The van der Waals surface area contributed by atoms with Crippen molar-refractivity contribution in [3.05, 3.63) is 29.3 Å². The molecule has 0 heterocycles. The van der Waals surface area contributed by atoms with Crippen LogP contribution in [0.4, 0.5) is 4.79 Å². The molecule has 0 radical (unpaired) electrons. The first kappa shape index (κ1) is 20.9. The van der Waals surface area contributed by atoms with E-state index >= 15 is 0 Å². The zero-order valence-electron chi connectivity index (χ0n) is 15.7. The Kier molecular flexibility index (Phi) is 7.79. The Morgan fingerprint density at radius 3 is 2.60 bits per heavy atom. The van der Waals surface area contributed by atoms with E-state index < -0.39 is 12.2 Å². The van der Waals surface area contributed by atoms with Crippen LogP contribution in [-0.2, 0) is 11.2 Å². The monoisotopic (exact) mass is 347 g/mol. The predicted molar refractivity (Wildman–Crippen MR) is 98.4 cm³/mol. The number of amides is 1. The second kappa shape index (κ2) is 9.33. The fourth-order valence-electron chi connectivity index (χ4n) is 1.98. The topological polar surface area (TPSA) is 78.8 Å². The standard InChI is InChI=1S/C20H29NO4/c1-14(2)17(22)12-11-16-9-6-8-15(18(16)23)10-7-13-25-19(24)21-20(3,4)5/h6,8-9,14,17,22-23H,7,10,13H2,1-5H3,(H,21,24). The van der Waals surface area contributed by atoms with Crippen LogP contribution in [0.2, 0.25) is 0 Å². The van der Waals surface area contributed by atoms with Crippen molar-refractivity contribution in [2.75, 3.05) is 6.61 Å². The number of aliphatic hydroxyl groups excluding tert-OH is 1. The highest BCUT2D eigenvalue weighted by molar-refractivity contribution is 5.68. The summed E-state index contributed by atoms with van der Waals surface area (Å²) in [6, 6.07) is 5.34. The molecule has 0 aliphatic rings. The van der Waals surface area contributed by atoms with Crippen molar-refractivity contribution in [1.29, 1.82) is 0 Å². The number of carbonyl (C=O) groups excluding carboxylic acids is 1. The molecule has 1 aromatic rings. The molecule has 0 aromatic heterocycles. The molecule has 1 rings (SSSR count). The summed E-state index contributed by atoms with van der Waals surface area (Å²) in [5.41, 5.74) is 0.900. The highest BCUT2D eigenvalue weighted by Crippen LogP contribution is 2.23. The Morgan fingerprint density at radius 1 is 1.32 bits per heavy atom. The number of hydrogen-bond acceptors (Lipinski definition) is 4. The summed E-state index contributed by atoms with van der Waals surface area (Å²) < 4.78 is 5.12. The average Bonchev–Trinajstić information content (AvgIpc) is 2.49. The van der Waals surface area contributed by atoms with Gasteiger partial charge in [0.25, 0.3) is 0 Å². The molecule has 1 amide bonds. The third kappa shape index (κ3) is 7.95. The number of para-hydroxylation sites is 1. The molecule has 5 heteroatoms. The van der Waals surface area contributed by atoms with Gasteiger partial charge in [-0.25, -0.2) is 4.79 Å². The second-order valence-corrected chi connectivity index (χ2v) is 7.39. The van der Waals surface area contributed by atoms with Crippen LogP contribution < -0.4 is 5.32 Å². The summed E-state index contributed by atoms with van der Waals surface area (Å²) in [7, 11) is 0. The molecular weight excluding hydrogens is 318 g/mol. The van der Waals surface area contributed by atoms with Gasteiger partial charge in [-0.3, -0.25) is 0 Å². The van der Waals surface area contributed by atoms with E-state index in [-0.39, 0.29) is 23.8 Å². The molecule has 0 fully saturated rings. The summed E-state index contributed by atoms with van der Waals surface area (Å²) in [6.07, 6.45) is -0.00940. The van der Waals surface area contributed by atoms with Gasteiger partial charge in [-0.1, -0.05) is 37.8 Å². The van der Waals surface area contributed by atoms with Crippen LogP contribution in [-0.4, -0.2) is 34.6 Å². The van der Waals surface area contributed by atoms with E-state index in [1.807, 2.05) is 46.8 Å². The first-order chi connectivity index (χ1) is 11.6. The molecule has 1 atom stereocenters. The van der Waals surface area contributed by atoms with Crippen molar-refractivity contribution in [3.8, 4) is 17.6 Å². The minimum Gasteiger partial charge on any atom is -0.506 e. The fraction of sp³-hybridized carbons (Fsp3) is 0.550. The number of hydrogen-bond donors (Lipinski definition) is 3. The highest BCUT2D eigenvalue weighted by atomic mass is 16.5. The number of phenols is 1. The van der Waals surface area contributed by atoms with Crippen LogP contribution in [0, 0.1) is 17.8 Å². The van der Waals surface area contributed by atoms with Crippen molar-refractivity contribution in [3.63, 3.8) is 0 Å². The minimum absolute atomic E-state index is 0.0363. The van der Waals surface area contributed by atoms with E-state index in [0.717, 1.165) is 5.56 Å². The molecule has 0 spiro atoms. The summed E-state index contributed by atoms with van der Waals surface area (Å²) in [5, 5.41) is 22.8. The molecule has 0 saturated heterocycles. The fourth-order valence-corrected chi connectivity index (χ4v) is 1.98. The summed E-state index contributed by atoms with van der Waals surface area (Å²) in [6.45, 7) is 9.68. The van der Waals surface area contributed by atoms with Crippen LogP contribution in [0.1, 0.15) is 52.2 Å². The van der Waals surface area contributed by atoms with Crippen molar-refractivity contribution >= 4 is 6.09 Å². The van der Waals surface area contributed by atoms with Crippen molar-refractivity contribution in [1.82, 2.24) is 5.32 Å². The molecule has 25 heavy (non-hydrogen) atoms. The highest BCUT2D eigenvalue weighted by Gasteiger charge is 2.14. The van der Waals surface area contributed by atoms with E-state index in [1.165, 1.54) is 0 Å². The van der Waals surface area contributed by atoms with Gasteiger partial charge in [0.15, 0.2) is 0 Å². The van der Waals surface area contributed by atoms with Crippen molar-refractivity contribution in [2.24, 2.45) is 5.92 Å². The Labute approximate surface area is 150 Å². The molecule has 0 aliphatic heterocycles. The lowest BCUT2D eigenvalue weighted by atomic mass is 10.0. The number of phenolic OH excluding ortho intramolecular Hbond substituents is 1. The van der Waals surface area contributed by atoms with E-state index in [2.05, 4.69) is 17.2 Å². The number of benzene rings is 1. The maximum Gasteiger partial charge on any atom is 0.407 e. The maximum atomic E-state index is 11.6. The quantitative estimate of drug-likeness (QED) is 0.564. The molecule has 0 saturated carbocycles. The SMILES string of the molecule is CC(C)C(O)C#Cc1cccc(CCCOC(=O)NC(C)(C)C)c1O. The van der Waals surface area contributed by atoms with Gasteiger partial charge >= 0.3 is 6.09 Å². The molecular formula is C20H29NO4. The molecule has 0 bridgehead atoms. The van der Waals surface area contributed by atoms with Crippen molar-refractivity contribution in [2.45, 2.75) is 59.1 Å². The number of ether oxygens (including phenoxy) is 1. The van der Waals surface area contributed by atoms with E-state index in [0.29, 0.717) is 18.4 Å². The third-order valence-corrected chi connectivity index (χ3v) is 3.41. The first-order valence-corrected chi connectivity index (χ1v) is 8.55. The lowest BCUT2D eigenvalue weighted by molar-refractivity contribution is 0.136. The van der Waals surface area contributed by atoms with Gasteiger partial charge in [0.05, 0.1) is 12.2 Å².